The summed E-state index contributed by atoms with van der Waals surface area (Å²) in [5.41, 5.74) is 0. The van der Waals surface area contributed by atoms with Crippen LogP contribution in [-0.4, -0.2) is 57.8 Å². The monoisotopic (exact) mass is 503 g/mol. The fourth-order valence-corrected chi connectivity index (χ4v) is 3.35. The van der Waals surface area contributed by atoms with Crippen molar-refractivity contribution in [2.24, 2.45) is 0 Å². The number of hydrogen-bond acceptors (Lipinski definition) is 8. The average molecular weight is 503 g/mol. The Labute approximate surface area is 187 Å². The number of nitrogens with zero attached hydrogens (tertiary/aromatic N) is 3. The molecule has 2 atom stereocenters. The van der Waals surface area contributed by atoms with Crippen LogP contribution in [0.25, 0.3) is 0 Å². The number of rotatable bonds is 7. The van der Waals surface area contributed by atoms with Crippen LogP contribution >= 0.6 is 11.3 Å². The first-order valence-corrected chi connectivity index (χ1v) is 10.4. The predicted octanol–water partition coefficient (Wildman–Crippen LogP) is 2.82. The molecule has 1 aromatic heterocycles. The van der Waals surface area contributed by atoms with Crippen LogP contribution in [-0.2, 0) is 25.4 Å². The molecule has 33 heavy (non-hydrogen) atoms. The van der Waals surface area contributed by atoms with Gasteiger partial charge >= 0.3 is 18.3 Å². The van der Waals surface area contributed by atoms with E-state index in [1.165, 1.54) is 6.08 Å². The Bertz CT molecular complexity index is 888. The summed E-state index contributed by atoms with van der Waals surface area (Å²) in [6.07, 6.45) is -6.32. The topological polar surface area (TPSA) is 114 Å². The molecule has 1 fully saturated rings. The fraction of sp³-hybridized carbons (Fsp3) is 0.588. The van der Waals surface area contributed by atoms with E-state index in [0.717, 1.165) is 6.08 Å². The number of nitrogens with one attached hydrogen (secondary N) is 2. The van der Waals surface area contributed by atoms with Crippen LogP contribution in [0.3, 0.4) is 0 Å². The lowest BCUT2D eigenvalue weighted by atomic mass is 10.0. The Kier molecular flexibility index (Phi) is 8.76. The number of piperidine rings is 1. The van der Waals surface area contributed by atoms with Crippen molar-refractivity contribution in [2.75, 3.05) is 11.9 Å². The van der Waals surface area contributed by atoms with Gasteiger partial charge in [0.05, 0.1) is 0 Å². The van der Waals surface area contributed by atoms with E-state index in [1.807, 2.05) is 0 Å². The molecule has 0 radical (unpaired) electrons. The number of hydroxylamine groups is 2. The minimum atomic E-state index is -5.21. The molecule has 0 unspecified atom stereocenters. The Morgan fingerprint density at radius 1 is 1.21 bits per heavy atom. The maximum atomic E-state index is 12.6. The average Bonchev–Trinajstić information content (AvgIpc) is 3.19. The number of carbonyl (C=O) groups excluding carboxylic acids is 3. The zero-order valence-corrected chi connectivity index (χ0v) is 17.8. The van der Waals surface area contributed by atoms with Crippen LogP contribution in [0.1, 0.15) is 37.6 Å². The molecular weight excluding hydrogens is 484 g/mol. The van der Waals surface area contributed by atoms with Crippen LogP contribution in [0, 0.1) is 0 Å². The lowest BCUT2D eigenvalue weighted by Gasteiger charge is -2.33. The van der Waals surface area contributed by atoms with Crippen LogP contribution in [0.4, 0.5) is 31.5 Å². The second kappa shape index (κ2) is 10.9. The first-order chi connectivity index (χ1) is 15.3. The molecule has 0 saturated carbocycles. The maximum Gasteiger partial charge on any atom is 0.492 e. The highest BCUT2D eigenvalue weighted by Gasteiger charge is 2.44. The van der Waals surface area contributed by atoms with Crippen molar-refractivity contribution < 1.29 is 45.6 Å². The highest BCUT2D eigenvalue weighted by Crippen LogP contribution is 2.33. The molecule has 0 bridgehead atoms. The van der Waals surface area contributed by atoms with Crippen molar-refractivity contribution in [2.45, 2.75) is 57.0 Å². The highest BCUT2D eigenvalue weighted by atomic mass is 32.1. The van der Waals surface area contributed by atoms with E-state index >= 15 is 0 Å². The molecule has 1 aliphatic heterocycles. The molecule has 2 rings (SSSR count). The van der Waals surface area contributed by atoms with Crippen molar-refractivity contribution in [3.05, 3.63) is 17.2 Å². The number of amides is 2. The quantitative estimate of drug-likeness (QED) is 0.435. The van der Waals surface area contributed by atoms with Crippen molar-refractivity contribution in [1.29, 1.82) is 0 Å². The van der Waals surface area contributed by atoms with E-state index in [9.17, 15) is 40.7 Å². The van der Waals surface area contributed by atoms with Gasteiger partial charge in [-0.25, -0.2) is 4.79 Å². The smallest absolute Gasteiger partial charge is 0.360 e. The van der Waals surface area contributed by atoms with E-state index in [1.54, 1.807) is 6.92 Å². The summed E-state index contributed by atoms with van der Waals surface area (Å²) in [5.74, 6) is -3.97. The molecule has 1 aliphatic rings. The summed E-state index contributed by atoms with van der Waals surface area (Å²) in [6.45, 7) is 1.59. The largest absolute Gasteiger partial charge is 0.492 e. The first-order valence-electron chi connectivity index (χ1n) is 9.57. The van der Waals surface area contributed by atoms with Crippen LogP contribution in [0.15, 0.2) is 12.2 Å². The molecule has 184 valence electrons. The molecule has 0 aliphatic carbocycles. The highest BCUT2D eigenvalue weighted by molar-refractivity contribution is 7.15. The van der Waals surface area contributed by atoms with Crippen molar-refractivity contribution in [3.63, 3.8) is 0 Å². The van der Waals surface area contributed by atoms with Crippen molar-refractivity contribution in [1.82, 2.24) is 20.6 Å². The third-order valence-corrected chi connectivity index (χ3v) is 5.22. The summed E-state index contributed by atoms with van der Waals surface area (Å²) in [6, 6.07) is -1.88. The minimum Gasteiger partial charge on any atom is -0.360 e. The summed E-state index contributed by atoms with van der Waals surface area (Å²) < 4.78 is 75.0. The van der Waals surface area contributed by atoms with Crippen molar-refractivity contribution >= 4 is 34.3 Å². The predicted molar refractivity (Wildman–Crippen MR) is 101 cm³/mol. The molecule has 9 nitrogen and oxygen atoms in total. The molecule has 2 heterocycles. The Morgan fingerprint density at radius 2 is 1.91 bits per heavy atom. The molecule has 2 amide bonds. The van der Waals surface area contributed by atoms with Gasteiger partial charge in [0.15, 0.2) is 0 Å². The summed E-state index contributed by atoms with van der Waals surface area (Å²) in [4.78, 5) is 39.9. The molecule has 2 N–H and O–H groups in total. The number of aromatic nitrogens is 2. The lowest BCUT2D eigenvalue weighted by molar-refractivity contribution is -0.248. The summed E-state index contributed by atoms with van der Waals surface area (Å²) >= 11 is 0.134. The van der Waals surface area contributed by atoms with Crippen molar-refractivity contribution in [3.8, 4) is 0 Å². The van der Waals surface area contributed by atoms with Crippen LogP contribution in [0.5, 0.6) is 0 Å². The second-order valence-corrected chi connectivity index (χ2v) is 7.79. The van der Waals surface area contributed by atoms with Gasteiger partial charge in [0.25, 0.3) is 0 Å². The third kappa shape index (κ3) is 7.96. The molecule has 0 spiro atoms. The SMILES string of the molecule is CC[C@@H](/C=C/C(=O)Nc1nnc(C(F)(F)F)s1)NC(=O)[C@@H]1CCCCN1OC(=O)C(F)(F)F. The van der Waals surface area contributed by atoms with E-state index in [4.69, 9.17) is 0 Å². The van der Waals surface area contributed by atoms with E-state index in [0.29, 0.717) is 17.9 Å². The van der Waals surface area contributed by atoms with Gasteiger partial charge < -0.3 is 10.2 Å². The Balaban J connectivity index is 1.95. The van der Waals surface area contributed by atoms with Crippen LogP contribution < -0.4 is 10.6 Å². The number of alkyl halides is 6. The normalized spacial score (nSPS) is 18.7. The van der Waals surface area contributed by atoms with Gasteiger partial charge in [0.2, 0.25) is 22.0 Å². The summed E-state index contributed by atoms with van der Waals surface area (Å²) in [7, 11) is 0. The van der Waals surface area contributed by atoms with Gasteiger partial charge in [-0.3, -0.25) is 14.9 Å². The van der Waals surface area contributed by atoms with Gasteiger partial charge in [0, 0.05) is 18.7 Å². The number of anilines is 1. The number of halogens is 6. The van der Waals surface area contributed by atoms with E-state index in [-0.39, 0.29) is 35.9 Å². The maximum absolute atomic E-state index is 12.6. The van der Waals surface area contributed by atoms with Gasteiger partial charge in [-0.1, -0.05) is 24.3 Å². The Morgan fingerprint density at radius 3 is 2.48 bits per heavy atom. The van der Waals surface area contributed by atoms with Gasteiger partial charge in [-0.2, -0.15) is 26.3 Å². The molecular formula is C17H19F6N5O4S. The molecule has 0 aromatic carbocycles. The standard InChI is InChI=1S/C17H19F6N5O4S/c1-2-9(6-7-11(29)25-15-27-26-13(33-15)16(18,19)20)24-12(30)10-5-3-4-8-28(10)32-14(31)17(21,22)23/h6-7,9-10H,2-5,8H2,1H3,(H,24,30)(H,25,27,29)/b7-6+/t9-,10-/m0/s1. The third-order valence-electron chi connectivity index (χ3n) is 4.33. The second-order valence-electron chi connectivity index (χ2n) is 6.81. The zero-order valence-electron chi connectivity index (χ0n) is 17.0. The zero-order chi connectivity index (χ0) is 24.8. The number of carbonyl (C=O) groups is 3. The molecule has 16 heteroatoms. The van der Waals surface area contributed by atoms with Crippen LogP contribution in [0.2, 0.25) is 0 Å². The van der Waals surface area contributed by atoms with E-state index < -0.39 is 47.2 Å². The van der Waals surface area contributed by atoms with Gasteiger partial charge in [-0.05, 0) is 25.7 Å². The summed E-state index contributed by atoms with van der Waals surface area (Å²) in [5, 5.41) is 9.85. The molecule has 1 aromatic rings. The lowest BCUT2D eigenvalue weighted by Crippen LogP contribution is -2.52. The number of hydrogen-bond donors (Lipinski definition) is 2. The van der Waals surface area contributed by atoms with Gasteiger partial charge in [-0.15, -0.1) is 15.3 Å². The van der Waals surface area contributed by atoms with E-state index in [2.05, 4.69) is 25.7 Å². The van der Waals surface area contributed by atoms with Gasteiger partial charge in [0.1, 0.15) is 6.04 Å². The minimum absolute atomic E-state index is 0.0588. The Hall–Kier alpha value is -2.75. The first kappa shape index (κ1) is 26.5. The fourth-order valence-electron chi connectivity index (χ4n) is 2.74. The molecule has 1 saturated heterocycles.